The minimum absolute atomic E-state index is 0.102. The normalized spacial score (nSPS) is 14.4. The van der Waals surface area contributed by atoms with Crippen LogP contribution in [0.3, 0.4) is 0 Å². The third-order valence-electron chi connectivity index (χ3n) is 17.7. The van der Waals surface area contributed by atoms with Crippen molar-refractivity contribution in [3.05, 3.63) is 0 Å². The third-order valence-corrected chi connectivity index (χ3v) is 19.6. The molecule has 3 N–H and O–H groups in total. The van der Waals surface area contributed by atoms with Crippen molar-refractivity contribution in [1.29, 1.82) is 0 Å². The molecule has 0 aliphatic carbocycles. The fraction of sp³-hybridized carbons (Fsp3) is 0.947. The summed E-state index contributed by atoms with van der Waals surface area (Å²) in [5, 5.41) is 10.6. The van der Waals surface area contributed by atoms with Gasteiger partial charge in [0, 0.05) is 25.7 Å². The van der Waals surface area contributed by atoms with Crippen LogP contribution in [0.5, 0.6) is 0 Å². The average molecular weight is 1380 g/mol. The van der Waals surface area contributed by atoms with Gasteiger partial charge in [-0.1, -0.05) is 331 Å². The number of phosphoric ester groups is 2. The Hall–Kier alpha value is -1.94. The SMILES string of the molecule is CCCCCCCCCCCCCCCCCCCC(=O)OC[C@H](COP(=O)(O)OC[C@@H](O)COP(=O)(O)OC[C@@H](COC(=O)CCCCCCCCC(C)C)OC(=O)CCCCCCCCC(C)CC)OC(=O)CCCCCCCCCCCCCCCCCC(C)C. The molecule has 0 aliphatic heterocycles. The average Bonchev–Trinajstić information content (AvgIpc) is 3.23. The first-order valence-corrected chi connectivity index (χ1v) is 41.9. The summed E-state index contributed by atoms with van der Waals surface area (Å²) in [4.78, 5) is 72.7. The van der Waals surface area contributed by atoms with Gasteiger partial charge in [0.1, 0.15) is 19.3 Å². The van der Waals surface area contributed by atoms with Gasteiger partial charge >= 0.3 is 39.5 Å². The van der Waals surface area contributed by atoms with Crippen LogP contribution in [0.15, 0.2) is 0 Å². The molecule has 558 valence electrons. The molecule has 6 atom stereocenters. The van der Waals surface area contributed by atoms with Crippen molar-refractivity contribution >= 4 is 39.5 Å². The number of carbonyl (C=O) groups is 4. The Morgan fingerprint density at radius 3 is 0.809 bits per heavy atom. The van der Waals surface area contributed by atoms with Gasteiger partial charge in [-0.3, -0.25) is 37.3 Å². The zero-order valence-electron chi connectivity index (χ0n) is 61.4. The van der Waals surface area contributed by atoms with Gasteiger partial charge in [0.15, 0.2) is 12.2 Å². The van der Waals surface area contributed by atoms with E-state index in [4.69, 9.17) is 37.0 Å². The van der Waals surface area contributed by atoms with Crippen molar-refractivity contribution < 1.29 is 80.2 Å². The molecule has 0 saturated heterocycles. The van der Waals surface area contributed by atoms with Gasteiger partial charge in [-0.2, -0.15) is 0 Å². The number of hydrogen-bond acceptors (Lipinski definition) is 15. The van der Waals surface area contributed by atoms with Crippen LogP contribution < -0.4 is 0 Å². The van der Waals surface area contributed by atoms with Crippen LogP contribution in [0.25, 0.3) is 0 Å². The van der Waals surface area contributed by atoms with Crippen LogP contribution in [0, 0.1) is 17.8 Å². The van der Waals surface area contributed by atoms with E-state index in [1.807, 2.05) is 0 Å². The molecular formula is C75H146O17P2. The fourth-order valence-electron chi connectivity index (χ4n) is 11.4. The van der Waals surface area contributed by atoms with E-state index in [0.717, 1.165) is 108 Å². The predicted molar refractivity (Wildman–Crippen MR) is 381 cm³/mol. The van der Waals surface area contributed by atoms with Crippen molar-refractivity contribution in [3.8, 4) is 0 Å². The van der Waals surface area contributed by atoms with E-state index in [2.05, 4.69) is 48.5 Å². The summed E-state index contributed by atoms with van der Waals surface area (Å²) in [5.74, 6) is 0.0779. The molecular weight excluding hydrogens is 1230 g/mol. The second-order valence-corrected chi connectivity index (χ2v) is 31.1. The molecule has 0 aromatic heterocycles. The molecule has 0 saturated carbocycles. The maximum atomic E-state index is 13.1. The lowest BCUT2D eigenvalue weighted by Gasteiger charge is -2.21. The number of unbranched alkanes of at least 4 members (excludes halogenated alkanes) is 40. The highest BCUT2D eigenvalue weighted by Crippen LogP contribution is 2.45. The van der Waals surface area contributed by atoms with E-state index in [0.29, 0.717) is 31.6 Å². The van der Waals surface area contributed by atoms with E-state index in [-0.39, 0.29) is 25.7 Å². The lowest BCUT2D eigenvalue weighted by Crippen LogP contribution is -2.30. The Kier molecular flexibility index (Phi) is 64.3. The molecule has 0 amide bonds. The zero-order chi connectivity index (χ0) is 69.4. The smallest absolute Gasteiger partial charge is 0.462 e. The maximum absolute atomic E-state index is 13.1. The Bertz CT molecular complexity index is 1840. The minimum atomic E-state index is -4.96. The lowest BCUT2D eigenvalue weighted by atomic mass is 10.00. The molecule has 0 heterocycles. The first-order chi connectivity index (χ1) is 45.3. The number of aliphatic hydroxyl groups excluding tert-OH is 1. The molecule has 0 rings (SSSR count). The highest BCUT2D eigenvalue weighted by atomic mass is 31.2. The van der Waals surface area contributed by atoms with Crippen molar-refractivity contribution in [1.82, 2.24) is 0 Å². The van der Waals surface area contributed by atoms with Crippen molar-refractivity contribution in [3.63, 3.8) is 0 Å². The quantitative estimate of drug-likeness (QED) is 0.0222. The van der Waals surface area contributed by atoms with Crippen LogP contribution in [-0.2, 0) is 65.4 Å². The number of aliphatic hydroxyl groups is 1. The summed E-state index contributed by atoms with van der Waals surface area (Å²) in [6.45, 7) is 11.8. The summed E-state index contributed by atoms with van der Waals surface area (Å²) in [7, 11) is -9.91. The first kappa shape index (κ1) is 92.1. The van der Waals surface area contributed by atoms with Crippen LogP contribution in [0.1, 0.15) is 382 Å². The Morgan fingerprint density at radius 2 is 0.543 bits per heavy atom. The number of rotatable bonds is 73. The Labute approximate surface area is 575 Å². The van der Waals surface area contributed by atoms with Crippen molar-refractivity contribution in [2.24, 2.45) is 17.8 Å². The molecule has 3 unspecified atom stereocenters. The van der Waals surface area contributed by atoms with Gasteiger partial charge in [-0.05, 0) is 43.4 Å². The maximum Gasteiger partial charge on any atom is 0.472 e. The summed E-state index contributed by atoms with van der Waals surface area (Å²) in [6.07, 6.45) is 51.6. The van der Waals surface area contributed by atoms with Gasteiger partial charge in [-0.15, -0.1) is 0 Å². The second-order valence-electron chi connectivity index (χ2n) is 28.2. The number of ether oxygens (including phenoxy) is 4. The number of esters is 4. The third kappa shape index (κ3) is 67.3. The summed E-state index contributed by atoms with van der Waals surface area (Å²) in [6, 6.07) is 0. The highest BCUT2D eigenvalue weighted by molar-refractivity contribution is 7.47. The van der Waals surface area contributed by atoms with Gasteiger partial charge in [0.05, 0.1) is 26.4 Å². The van der Waals surface area contributed by atoms with Crippen LogP contribution in [0.4, 0.5) is 0 Å². The summed E-state index contributed by atoms with van der Waals surface area (Å²) >= 11 is 0. The van der Waals surface area contributed by atoms with Crippen LogP contribution in [-0.4, -0.2) is 96.7 Å². The van der Waals surface area contributed by atoms with Gasteiger partial charge in [0.2, 0.25) is 0 Å². The predicted octanol–water partition coefficient (Wildman–Crippen LogP) is 21.8. The molecule has 0 aliphatic rings. The number of carbonyl (C=O) groups excluding carboxylic acids is 4. The minimum Gasteiger partial charge on any atom is -0.462 e. The van der Waals surface area contributed by atoms with E-state index in [1.54, 1.807) is 0 Å². The molecule has 0 bridgehead atoms. The fourth-order valence-corrected chi connectivity index (χ4v) is 13.0. The number of hydrogen-bond donors (Lipinski definition) is 3. The van der Waals surface area contributed by atoms with Crippen LogP contribution >= 0.6 is 15.6 Å². The Balaban J connectivity index is 5.22. The molecule has 17 nitrogen and oxygen atoms in total. The van der Waals surface area contributed by atoms with Crippen molar-refractivity contribution in [2.45, 2.75) is 401 Å². The molecule has 19 heteroatoms. The standard InChI is InChI=1S/C75H146O17P2/c1-8-10-11-12-13-14-15-16-17-18-21-24-27-30-33-42-49-56-72(77)85-62-70(91-74(79)58-51-44-34-31-28-25-22-19-20-23-26-29-32-39-46-53-66(3)4)64-89-93(81,82)87-60-69(76)61-88-94(83,84)90-65-71(63-86-73(78)57-50-43-37-35-40-47-54-67(5)6)92-75(80)59-52-45-38-36-41-48-55-68(7)9-2/h66-71,76H,8-65H2,1-7H3,(H,81,82)(H,83,84)/t68?,69-,70-,71-/m1/s1. The monoisotopic (exact) mass is 1380 g/mol. The van der Waals surface area contributed by atoms with Gasteiger partial charge in [0.25, 0.3) is 0 Å². The largest absolute Gasteiger partial charge is 0.472 e. The molecule has 0 radical (unpaired) electrons. The number of phosphoric acid groups is 2. The molecule has 94 heavy (non-hydrogen) atoms. The Morgan fingerprint density at radius 1 is 0.309 bits per heavy atom. The summed E-state index contributed by atoms with van der Waals surface area (Å²) in [5.41, 5.74) is 0. The van der Waals surface area contributed by atoms with Gasteiger partial charge in [-0.25, -0.2) is 9.13 Å². The molecule has 0 spiro atoms. The molecule has 0 aromatic rings. The van der Waals surface area contributed by atoms with Crippen LogP contribution in [0.2, 0.25) is 0 Å². The van der Waals surface area contributed by atoms with E-state index < -0.39 is 97.5 Å². The summed E-state index contributed by atoms with van der Waals surface area (Å²) < 4.78 is 68.4. The highest BCUT2D eigenvalue weighted by Gasteiger charge is 2.30. The topological polar surface area (TPSA) is 237 Å². The van der Waals surface area contributed by atoms with E-state index >= 15 is 0 Å². The first-order valence-electron chi connectivity index (χ1n) is 38.9. The van der Waals surface area contributed by atoms with E-state index in [9.17, 15) is 43.2 Å². The van der Waals surface area contributed by atoms with Gasteiger partial charge < -0.3 is 33.8 Å². The molecule has 0 fully saturated rings. The zero-order valence-corrected chi connectivity index (χ0v) is 63.2. The second kappa shape index (κ2) is 65.7. The molecule has 0 aromatic carbocycles. The lowest BCUT2D eigenvalue weighted by molar-refractivity contribution is -0.161. The van der Waals surface area contributed by atoms with Crippen molar-refractivity contribution in [2.75, 3.05) is 39.6 Å². The van der Waals surface area contributed by atoms with E-state index in [1.165, 1.54) is 186 Å².